The third-order valence-electron chi connectivity index (χ3n) is 4.07. The van der Waals surface area contributed by atoms with E-state index < -0.39 is 7.25 Å². The van der Waals surface area contributed by atoms with Gasteiger partial charge in [-0.25, -0.2) is 4.58 Å². The molecule has 0 saturated carbocycles. The van der Waals surface area contributed by atoms with Crippen molar-refractivity contribution in [3.05, 3.63) is 47.1 Å². The summed E-state index contributed by atoms with van der Waals surface area (Å²) in [4.78, 5) is 0. The summed E-state index contributed by atoms with van der Waals surface area (Å²) in [5.74, 6) is 2.06. The SMILES string of the molecule is CC(C)(C)C1=CC(=C2C=C[N+](C(C)(C)C)=C2)C=C(C(C)(C)C)O1.F[B-](F)(F)F. The summed E-state index contributed by atoms with van der Waals surface area (Å²) >= 11 is 0. The van der Waals surface area contributed by atoms with Crippen LogP contribution >= 0.6 is 0 Å². The Balaban J connectivity index is 0.000000696. The fourth-order valence-electron chi connectivity index (χ4n) is 2.39. The van der Waals surface area contributed by atoms with E-state index in [4.69, 9.17) is 4.74 Å². The van der Waals surface area contributed by atoms with Gasteiger partial charge in [0.05, 0.1) is 5.57 Å². The second-order valence-corrected chi connectivity index (χ2v) is 10.0. The van der Waals surface area contributed by atoms with Gasteiger partial charge < -0.3 is 22.0 Å². The highest BCUT2D eigenvalue weighted by Crippen LogP contribution is 2.39. The van der Waals surface area contributed by atoms with Crippen molar-refractivity contribution in [1.82, 2.24) is 0 Å². The van der Waals surface area contributed by atoms with Gasteiger partial charge in [-0.2, -0.15) is 0 Å². The maximum absolute atomic E-state index is 9.75. The summed E-state index contributed by atoms with van der Waals surface area (Å²) in [6.45, 7) is 19.8. The highest BCUT2D eigenvalue weighted by Gasteiger charge is 2.31. The van der Waals surface area contributed by atoms with E-state index in [2.05, 4.69) is 97.5 Å². The van der Waals surface area contributed by atoms with Crippen molar-refractivity contribution in [2.24, 2.45) is 10.8 Å². The molecule has 0 spiro atoms. The molecule has 2 nitrogen and oxygen atoms in total. The van der Waals surface area contributed by atoms with E-state index in [1.807, 2.05) is 0 Å². The molecule has 0 radical (unpaired) electrons. The van der Waals surface area contributed by atoms with Gasteiger partial charge in [-0.05, 0) is 17.7 Å². The highest BCUT2D eigenvalue weighted by molar-refractivity contribution is 6.50. The molecule has 0 bridgehead atoms. The first-order valence-electron chi connectivity index (χ1n) is 9.34. The van der Waals surface area contributed by atoms with Gasteiger partial charge in [0.15, 0.2) is 18.0 Å². The van der Waals surface area contributed by atoms with E-state index in [9.17, 15) is 17.3 Å². The lowest BCUT2D eigenvalue weighted by Gasteiger charge is -2.32. The minimum atomic E-state index is -6.00. The summed E-state index contributed by atoms with van der Waals surface area (Å²) in [6.07, 6.45) is 11.0. The van der Waals surface area contributed by atoms with Gasteiger partial charge >= 0.3 is 7.25 Å². The lowest BCUT2D eigenvalue weighted by Crippen LogP contribution is -2.28. The summed E-state index contributed by atoms with van der Waals surface area (Å²) in [5, 5.41) is 0. The third-order valence-corrected chi connectivity index (χ3v) is 4.07. The van der Waals surface area contributed by atoms with Crippen LogP contribution in [0.1, 0.15) is 62.3 Å². The van der Waals surface area contributed by atoms with Crippen LogP contribution in [0.4, 0.5) is 17.3 Å². The number of ether oxygens (including phenoxy) is 1. The second kappa shape index (κ2) is 7.92. The first-order chi connectivity index (χ1) is 12.3. The molecule has 0 unspecified atom stereocenters. The average molecular weight is 401 g/mol. The zero-order valence-electron chi connectivity index (χ0n) is 18.3. The Hall–Kier alpha value is -1.79. The zero-order valence-corrected chi connectivity index (χ0v) is 18.3. The van der Waals surface area contributed by atoms with Gasteiger partial charge in [-0.15, -0.1) is 0 Å². The molecule has 0 saturated heterocycles. The predicted octanol–water partition coefficient (Wildman–Crippen LogP) is 6.88. The molecular weight excluding hydrogens is 369 g/mol. The molecule has 0 aromatic carbocycles. The third kappa shape index (κ3) is 7.68. The van der Waals surface area contributed by atoms with Crippen LogP contribution in [0, 0.1) is 10.8 Å². The molecule has 2 rings (SSSR count). The largest absolute Gasteiger partial charge is 0.673 e. The normalized spacial score (nSPS) is 18.1. The Morgan fingerprint density at radius 3 is 1.43 bits per heavy atom. The first-order valence-corrected chi connectivity index (χ1v) is 9.34. The van der Waals surface area contributed by atoms with Crippen LogP contribution in [0.15, 0.2) is 47.1 Å². The van der Waals surface area contributed by atoms with Crippen LogP contribution in [0.5, 0.6) is 0 Å². The number of allylic oxidation sites excluding steroid dienone is 7. The van der Waals surface area contributed by atoms with Gasteiger partial charge in [0, 0.05) is 37.7 Å². The fraction of sp³-hybridized carbons (Fsp3) is 0.571. The van der Waals surface area contributed by atoms with Gasteiger partial charge in [0.2, 0.25) is 0 Å². The standard InChI is InChI=1S/C21H32NO.BF4/c1-19(2,3)17-12-16(13-18(23-17)20(4,5)6)15-10-11-22(14-15)21(7,8)9;2-1(3,4)5/h10-14H,1-9H3;/q+1;-1. The van der Waals surface area contributed by atoms with Crippen LogP contribution in [-0.4, -0.2) is 23.6 Å². The number of rotatable bonds is 0. The lowest BCUT2D eigenvalue weighted by molar-refractivity contribution is -0.527. The summed E-state index contributed by atoms with van der Waals surface area (Å²) in [7, 11) is -6.00. The number of nitrogens with zero attached hydrogens (tertiary/aromatic N) is 1. The quantitative estimate of drug-likeness (QED) is 0.245. The lowest BCUT2D eigenvalue weighted by atomic mass is 9.86. The van der Waals surface area contributed by atoms with Gasteiger partial charge in [-0.3, -0.25) is 0 Å². The molecule has 0 amide bonds. The Morgan fingerprint density at radius 2 is 1.14 bits per heavy atom. The van der Waals surface area contributed by atoms with Gasteiger partial charge in [0.25, 0.3) is 0 Å². The fourth-order valence-corrected chi connectivity index (χ4v) is 2.39. The van der Waals surface area contributed by atoms with E-state index in [1.54, 1.807) is 0 Å². The minimum absolute atomic E-state index is 0.0113. The molecule has 2 heterocycles. The van der Waals surface area contributed by atoms with E-state index in [0.29, 0.717) is 0 Å². The number of hydrogen-bond donors (Lipinski definition) is 0. The summed E-state index contributed by atoms with van der Waals surface area (Å²) < 4.78 is 47.5. The van der Waals surface area contributed by atoms with Gasteiger partial charge in [0.1, 0.15) is 11.5 Å². The van der Waals surface area contributed by atoms with Crippen LogP contribution in [0.25, 0.3) is 0 Å². The Bertz CT molecular complexity index is 711. The van der Waals surface area contributed by atoms with Crippen molar-refractivity contribution in [3.8, 4) is 0 Å². The van der Waals surface area contributed by atoms with Crippen molar-refractivity contribution >= 4 is 13.5 Å². The van der Waals surface area contributed by atoms with Gasteiger partial charge in [-0.1, -0.05) is 41.5 Å². The maximum Gasteiger partial charge on any atom is 0.673 e. The molecule has 0 N–H and O–H groups in total. The van der Waals surface area contributed by atoms with E-state index in [-0.39, 0.29) is 16.4 Å². The minimum Gasteiger partial charge on any atom is -0.465 e. The Labute approximate surface area is 166 Å². The topological polar surface area (TPSA) is 12.2 Å². The molecule has 28 heavy (non-hydrogen) atoms. The Kier molecular flexibility index (Phi) is 6.86. The smallest absolute Gasteiger partial charge is 0.465 e. The Morgan fingerprint density at radius 1 is 0.750 bits per heavy atom. The summed E-state index contributed by atoms with van der Waals surface area (Å²) in [6, 6.07) is 0. The molecule has 0 aromatic heterocycles. The average Bonchev–Trinajstić information content (AvgIpc) is 2.93. The van der Waals surface area contributed by atoms with E-state index in [1.165, 1.54) is 11.1 Å². The van der Waals surface area contributed by atoms with Crippen molar-refractivity contribution in [1.29, 1.82) is 0 Å². The predicted molar refractivity (Wildman–Crippen MR) is 109 cm³/mol. The maximum atomic E-state index is 9.75. The summed E-state index contributed by atoms with van der Waals surface area (Å²) in [5.41, 5.74) is 2.54. The molecule has 7 heteroatoms. The molecule has 2 aliphatic heterocycles. The zero-order chi connectivity index (χ0) is 22.1. The second-order valence-electron chi connectivity index (χ2n) is 10.0. The number of hydrogen-bond acceptors (Lipinski definition) is 1. The van der Waals surface area contributed by atoms with Crippen molar-refractivity contribution < 1.29 is 26.6 Å². The van der Waals surface area contributed by atoms with Crippen molar-refractivity contribution in [2.45, 2.75) is 67.9 Å². The van der Waals surface area contributed by atoms with Crippen molar-refractivity contribution in [3.63, 3.8) is 0 Å². The molecule has 0 aliphatic carbocycles. The molecule has 0 aromatic rings. The van der Waals surface area contributed by atoms with Crippen LogP contribution in [0.2, 0.25) is 0 Å². The van der Waals surface area contributed by atoms with Crippen LogP contribution in [0.3, 0.4) is 0 Å². The first kappa shape index (κ1) is 24.3. The van der Waals surface area contributed by atoms with Crippen LogP contribution in [-0.2, 0) is 4.74 Å². The van der Waals surface area contributed by atoms with Crippen molar-refractivity contribution in [2.75, 3.05) is 0 Å². The monoisotopic (exact) mass is 401 g/mol. The molecule has 0 fully saturated rings. The van der Waals surface area contributed by atoms with E-state index >= 15 is 0 Å². The van der Waals surface area contributed by atoms with Crippen LogP contribution < -0.4 is 0 Å². The number of halogens is 4. The molecule has 2 aliphatic rings. The molecular formula is C21H32BF4NO. The molecule has 158 valence electrons. The van der Waals surface area contributed by atoms with E-state index in [0.717, 1.165) is 11.5 Å². The highest BCUT2D eigenvalue weighted by atomic mass is 19.5. The molecule has 0 atom stereocenters.